The molecule has 4 heteroatoms. The summed E-state index contributed by atoms with van der Waals surface area (Å²) in [6.07, 6.45) is 9.18. The van der Waals surface area contributed by atoms with E-state index in [1.807, 2.05) is 17.0 Å². The first kappa shape index (κ1) is 18.7. The van der Waals surface area contributed by atoms with Gasteiger partial charge in [-0.05, 0) is 0 Å². The van der Waals surface area contributed by atoms with Gasteiger partial charge in [-0.15, -0.1) is 0 Å². The molecule has 4 bridgehead atoms. The molecule has 3 rings (SSSR count). The number of halogens is 2. The summed E-state index contributed by atoms with van der Waals surface area (Å²) in [5.41, 5.74) is 3.48. The van der Waals surface area contributed by atoms with Crippen LogP contribution >= 0.6 is 0 Å². The first-order valence-electron chi connectivity index (χ1n) is 7.16. The molecule has 0 atom stereocenters. The van der Waals surface area contributed by atoms with Crippen LogP contribution in [0.2, 0.25) is 12.6 Å². The van der Waals surface area contributed by atoms with E-state index in [1.54, 1.807) is 11.1 Å². The minimum absolute atomic E-state index is 0. The Bertz CT molecular complexity index is 499. The van der Waals surface area contributed by atoms with Crippen LogP contribution in [0.3, 0.4) is 0 Å². The van der Waals surface area contributed by atoms with E-state index in [-0.39, 0.29) is 24.8 Å². The van der Waals surface area contributed by atoms with Gasteiger partial charge in [0, 0.05) is 0 Å². The predicted octanol–water partition coefficient (Wildman–Crippen LogP) is -1.13. The molecule has 1 aliphatic heterocycles. The largest absolute Gasteiger partial charge is 1.00 e. The average Bonchev–Trinajstić information content (AvgIpc) is 2.88. The molecule has 2 aliphatic carbocycles. The summed E-state index contributed by atoms with van der Waals surface area (Å²) in [5, 5.41) is 3.62. The van der Waals surface area contributed by atoms with Crippen molar-refractivity contribution in [2.24, 2.45) is 0 Å². The molecule has 0 nitrogen and oxygen atoms in total. The summed E-state index contributed by atoms with van der Waals surface area (Å²) in [4.78, 5) is 0. The van der Waals surface area contributed by atoms with E-state index in [4.69, 9.17) is 0 Å². The summed E-state index contributed by atoms with van der Waals surface area (Å²) >= 11 is -0.422. The van der Waals surface area contributed by atoms with Gasteiger partial charge in [0.15, 0.2) is 0 Å². The Morgan fingerprint density at radius 2 is 1.45 bits per heavy atom. The Morgan fingerprint density at radius 3 is 1.85 bits per heavy atom. The Kier molecular flexibility index (Phi) is 6.37. The molecule has 108 valence electrons. The van der Waals surface area contributed by atoms with Crippen LogP contribution in [0.25, 0.3) is 0 Å². The normalized spacial score (nSPS) is 21.8. The second-order valence-electron chi connectivity index (χ2n) is 6.06. The van der Waals surface area contributed by atoms with Crippen LogP contribution in [0.15, 0.2) is 40.3 Å². The van der Waals surface area contributed by atoms with Crippen LogP contribution in [-0.2, 0) is 23.2 Å². The standard InChI is InChI=1S/C16H22Si.2ClH.Zr/c1-5-12-17(4,15-10-6-8-13(15)2)16-11-7-9-14(16)3;;;/h10-11H,5-7,12H2,1-4H3;2*1H;/q;;;+2/p-2. The smallest absolute Gasteiger partial charge is 1.00 e. The fourth-order valence-electron chi connectivity index (χ4n) is 4.01. The minimum atomic E-state index is -1.39. The van der Waals surface area contributed by atoms with Crippen molar-refractivity contribution < 1.29 is 48.0 Å². The predicted molar refractivity (Wildman–Crippen MR) is 77.5 cm³/mol. The van der Waals surface area contributed by atoms with Crippen molar-refractivity contribution in [3.8, 4) is 0 Å². The monoisotopic (exact) mass is 402 g/mol. The average molecular weight is 405 g/mol. The third-order valence-corrected chi connectivity index (χ3v) is 14.3. The molecule has 0 N–H and O–H groups in total. The molecule has 0 aromatic heterocycles. The van der Waals surface area contributed by atoms with Gasteiger partial charge in [0.2, 0.25) is 0 Å². The number of fused-ring (bicyclic) bond motifs is 2. The Labute approximate surface area is 148 Å². The van der Waals surface area contributed by atoms with E-state index in [0.717, 1.165) is 0 Å². The maximum atomic E-state index is 2.63. The fraction of sp³-hybridized carbons (Fsp3) is 0.500. The molecule has 20 heavy (non-hydrogen) atoms. The molecule has 0 saturated heterocycles. The Balaban J connectivity index is 0.000001000. The van der Waals surface area contributed by atoms with Crippen LogP contribution < -0.4 is 24.8 Å². The number of rotatable bonds is 2. The van der Waals surface area contributed by atoms with E-state index in [2.05, 4.69) is 39.5 Å². The van der Waals surface area contributed by atoms with Gasteiger partial charge in [0.25, 0.3) is 0 Å². The Morgan fingerprint density at radius 1 is 1.00 bits per heavy atom. The van der Waals surface area contributed by atoms with Crippen LogP contribution in [0.4, 0.5) is 0 Å². The SMILES string of the molecule is CCC[Si]1(C)C2=CC[C](=C2C)[Zr+2][C]2=C(C)C1=CC2.[Cl-].[Cl-]. The van der Waals surface area contributed by atoms with Gasteiger partial charge in [0.05, 0.1) is 0 Å². The quantitative estimate of drug-likeness (QED) is 0.511. The van der Waals surface area contributed by atoms with Gasteiger partial charge < -0.3 is 24.8 Å². The fourth-order valence-corrected chi connectivity index (χ4v) is 13.0. The van der Waals surface area contributed by atoms with E-state index in [1.165, 1.54) is 25.3 Å². The van der Waals surface area contributed by atoms with Crippen LogP contribution in [0, 0.1) is 0 Å². The second kappa shape index (κ2) is 6.82. The molecule has 0 aromatic rings. The molecule has 0 unspecified atom stereocenters. The van der Waals surface area contributed by atoms with Crippen molar-refractivity contribution in [2.45, 2.75) is 52.6 Å². The van der Waals surface area contributed by atoms with Crippen LogP contribution in [0.5, 0.6) is 0 Å². The third kappa shape index (κ3) is 2.67. The van der Waals surface area contributed by atoms with E-state index in [9.17, 15) is 0 Å². The summed E-state index contributed by atoms with van der Waals surface area (Å²) in [7, 11) is -1.39. The van der Waals surface area contributed by atoms with Crippen molar-refractivity contribution in [3.05, 3.63) is 40.3 Å². The van der Waals surface area contributed by atoms with Gasteiger partial charge in [-0.25, -0.2) is 0 Å². The molecule has 0 spiro atoms. The molecule has 1 heterocycles. The topological polar surface area (TPSA) is 0 Å². The molecule has 0 aromatic carbocycles. The first-order chi connectivity index (χ1) is 8.58. The van der Waals surface area contributed by atoms with Crippen molar-refractivity contribution in [3.63, 3.8) is 0 Å². The maximum absolute atomic E-state index is 2.63. The maximum Gasteiger partial charge on any atom is -1.00 e. The minimum Gasteiger partial charge on any atom is -1.00 e. The van der Waals surface area contributed by atoms with Gasteiger partial charge in [-0.3, -0.25) is 0 Å². The Hall–Kier alpha value is 0.640. The third-order valence-electron chi connectivity index (χ3n) is 4.97. The van der Waals surface area contributed by atoms with Gasteiger partial charge >= 0.3 is 124 Å². The van der Waals surface area contributed by atoms with E-state index < -0.39 is 31.3 Å². The molecule has 0 fully saturated rings. The summed E-state index contributed by atoms with van der Waals surface area (Å²) < 4.78 is 3.76. The molecule has 0 radical (unpaired) electrons. The van der Waals surface area contributed by atoms with Crippen LogP contribution in [0.1, 0.15) is 40.0 Å². The van der Waals surface area contributed by atoms with Crippen molar-refractivity contribution in [1.82, 2.24) is 0 Å². The molecule has 0 amide bonds. The summed E-state index contributed by atoms with van der Waals surface area (Å²) in [5.74, 6) is 0. The van der Waals surface area contributed by atoms with Crippen LogP contribution in [-0.4, -0.2) is 8.07 Å². The number of hydrogen-bond donors (Lipinski definition) is 0. The van der Waals surface area contributed by atoms with E-state index in [0.29, 0.717) is 0 Å². The molecule has 0 saturated carbocycles. The molecule has 3 aliphatic rings. The molecular weight excluding hydrogens is 382 g/mol. The van der Waals surface area contributed by atoms with Gasteiger partial charge in [0.1, 0.15) is 0 Å². The van der Waals surface area contributed by atoms with Crippen molar-refractivity contribution >= 4 is 8.07 Å². The van der Waals surface area contributed by atoms with Crippen molar-refractivity contribution in [2.75, 3.05) is 0 Å². The molecular formula is C16H22Cl2SiZr. The first-order valence-corrected chi connectivity index (χ1v) is 12.3. The van der Waals surface area contributed by atoms with Crippen molar-refractivity contribution in [1.29, 1.82) is 0 Å². The number of hydrogen-bond acceptors (Lipinski definition) is 0. The van der Waals surface area contributed by atoms with Gasteiger partial charge in [-0.1, -0.05) is 0 Å². The van der Waals surface area contributed by atoms with Gasteiger partial charge in [-0.2, -0.15) is 0 Å². The number of allylic oxidation sites excluding steroid dienone is 8. The van der Waals surface area contributed by atoms with E-state index >= 15 is 0 Å². The summed E-state index contributed by atoms with van der Waals surface area (Å²) in [6.45, 7) is 9.84. The summed E-state index contributed by atoms with van der Waals surface area (Å²) in [6, 6.07) is 1.44. The zero-order valence-corrected chi connectivity index (χ0v) is 17.7. The zero-order chi connectivity index (χ0) is 12.9. The zero-order valence-electron chi connectivity index (χ0n) is 12.7. The second-order valence-corrected chi connectivity index (χ2v) is 13.9.